The Morgan fingerprint density at radius 2 is 2.13 bits per heavy atom. The molecule has 1 aromatic carbocycles. The van der Waals surface area contributed by atoms with Crippen molar-refractivity contribution < 1.29 is 24.5 Å². The van der Waals surface area contributed by atoms with Crippen LogP contribution in [0, 0.1) is 11.8 Å². The number of aliphatic hydroxyl groups is 1. The first-order chi connectivity index (χ1) is 14.4. The molecule has 0 spiro atoms. The number of carboxylic acid groups (broad SMARTS) is 1. The Morgan fingerprint density at radius 3 is 2.83 bits per heavy atom. The first-order valence-electron chi connectivity index (χ1n) is 10.8. The molecule has 1 unspecified atom stereocenters. The summed E-state index contributed by atoms with van der Waals surface area (Å²) in [4.78, 5) is 11.4. The monoisotopic (exact) mass is 432 g/mol. The number of halogens is 1. The van der Waals surface area contributed by atoms with Gasteiger partial charge in [0.1, 0.15) is 11.9 Å². The minimum Gasteiger partial charge on any atom is -0.486 e. The molecular weight excluding hydrogens is 404 g/mol. The van der Waals surface area contributed by atoms with Gasteiger partial charge >= 0.3 is 5.97 Å². The zero-order chi connectivity index (χ0) is 21.3. The molecule has 30 heavy (non-hydrogen) atoms. The molecule has 0 bridgehead atoms. The lowest BCUT2D eigenvalue weighted by Gasteiger charge is -2.26. The number of hydrogen-bond acceptors (Lipinski definition) is 4. The quantitative estimate of drug-likeness (QED) is 0.605. The van der Waals surface area contributed by atoms with Crippen molar-refractivity contribution in [2.24, 2.45) is 11.8 Å². The summed E-state index contributed by atoms with van der Waals surface area (Å²) in [5, 5.41) is 19.9. The van der Waals surface area contributed by atoms with Gasteiger partial charge in [-0.05, 0) is 48.8 Å². The molecule has 5 nitrogen and oxygen atoms in total. The van der Waals surface area contributed by atoms with Crippen molar-refractivity contribution >= 4 is 17.6 Å². The van der Waals surface area contributed by atoms with Crippen LogP contribution in [0.4, 0.5) is 0 Å². The number of aromatic carboxylic acids is 1. The molecule has 1 aliphatic carbocycles. The molecule has 4 atom stereocenters. The van der Waals surface area contributed by atoms with E-state index >= 15 is 0 Å². The van der Waals surface area contributed by atoms with E-state index in [0.717, 1.165) is 42.7 Å². The van der Waals surface area contributed by atoms with E-state index in [1.807, 2.05) is 6.08 Å². The third-order valence-corrected chi connectivity index (χ3v) is 7.15. The minimum atomic E-state index is -1.07. The molecule has 2 fully saturated rings. The standard InChI is InChI=1S/C24H29ClO5/c1-14(5-6-15-3-2-4-15)19(26)11-12-20-17-9-7-16-8-10-18(24(27)28)22(25)23(16)30-21(17)13-29-20/h8,10-12,15,17,19-21,26H,1-7,9,13H2,(H,27,28)/b12-11+/t17-,19?,20-,21+/m1/s1. The molecule has 0 amide bonds. The summed E-state index contributed by atoms with van der Waals surface area (Å²) in [6, 6.07) is 3.32. The highest BCUT2D eigenvalue weighted by Crippen LogP contribution is 2.41. The molecule has 4 rings (SSSR count). The largest absolute Gasteiger partial charge is 0.486 e. The van der Waals surface area contributed by atoms with Gasteiger partial charge in [0.2, 0.25) is 0 Å². The number of benzene rings is 1. The highest BCUT2D eigenvalue weighted by atomic mass is 35.5. The van der Waals surface area contributed by atoms with Gasteiger partial charge in [-0.25, -0.2) is 4.79 Å². The van der Waals surface area contributed by atoms with Crippen LogP contribution < -0.4 is 4.74 Å². The lowest BCUT2D eigenvalue weighted by Crippen LogP contribution is -2.27. The summed E-state index contributed by atoms with van der Waals surface area (Å²) in [6.07, 6.45) is 10.2. The first-order valence-corrected chi connectivity index (χ1v) is 11.2. The Bertz CT molecular complexity index is 844. The molecule has 1 saturated heterocycles. The van der Waals surface area contributed by atoms with E-state index in [9.17, 15) is 15.0 Å². The summed E-state index contributed by atoms with van der Waals surface area (Å²) in [5.74, 6) is 0.312. The van der Waals surface area contributed by atoms with Crippen LogP contribution in [0.5, 0.6) is 5.75 Å². The van der Waals surface area contributed by atoms with E-state index < -0.39 is 12.1 Å². The van der Waals surface area contributed by atoms with E-state index in [1.165, 1.54) is 25.3 Å². The topological polar surface area (TPSA) is 76.0 Å². The predicted octanol–water partition coefficient (Wildman–Crippen LogP) is 4.80. The van der Waals surface area contributed by atoms with Crippen LogP contribution in [0.2, 0.25) is 5.02 Å². The summed E-state index contributed by atoms with van der Waals surface area (Å²) < 4.78 is 12.1. The van der Waals surface area contributed by atoms with Crippen molar-refractivity contribution in [3.05, 3.63) is 52.6 Å². The van der Waals surface area contributed by atoms with Gasteiger partial charge in [0.25, 0.3) is 0 Å². The zero-order valence-corrected chi connectivity index (χ0v) is 17.8. The molecule has 0 radical (unpaired) electrons. The van der Waals surface area contributed by atoms with Gasteiger partial charge in [-0.2, -0.15) is 0 Å². The molecule has 2 heterocycles. The van der Waals surface area contributed by atoms with E-state index in [-0.39, 0.29) is 28.7 Å². The number of hydrogen-bond donors (Lipinski definition) is 2. The second-order valence-corrected chi connectivity index (χ2v) is 9.08. The summed E-state index contributed by atoms with van der Waals surface area (Å²) in [6.45, 7) is 4.46. The number of aryl methyl sites for hydroxylation is 1. The maximum absolute atomic E-state index is 11.4. The molecule has 2 N–H and O–H groups in total. The Labute approximate surface area is 182 Å². The van der Waals surface area contributed by atoms with Crippen LogP contribution in [0.15, 0.2) is 36.4 Å². The van der Waals surface area contributed by atoms with Crippen LogP contribution in [-0.4, -0.2) is 41.1 Å². The number of carboxylic acids is 1. The molecule has 0 aromatic heterocycles. The number of aliphatic hydroxyl groups excluding tert-OH is 1. The first kappa shape index (κ1) is 21.4. The molecule has 1 saturated carbocycles. The fourth-order valence-electron chi connectivity index (χ4n) is 4.56. The fourth-order valence-corrected chi connectivity index (χ4v) is 4.87. The summed E-state index contributed by atoms with van der Waals surface area (Å²) in [5.41, 5.74) is 1.82. The molecule has 1 aromatic rings. The van der Waals surface area contributed by atoms with Crippen molar-refractivity contribution in [1.29, 1.82) is 0 Å². The third kappa shape index (κ3) is 4.43. The normalized spacial score (nSPS) is 26.9. The number of fused-ring (bicyclic) bond motifs is 2. The lowest BCUT2D eigenvalue weighted by atomic mass is 9.81. The van der Waals surface area contributed by atoms with Gasteiger partial charge in [-0.15, -0.1) is 0 Å². The Morgan fingerprint density at radius 1 is 1.33 bits per heavy atom. The van der Waals surface area contributed by atoms with Crippen molar-refractivity contribution in [3.63, 3.8) is 0 Å². The molecule has 3 aliphatic rings. The molecular formula is C24H29ClO5. The molecule has 2 aliphatic heterocycles. The molecule has 162 valence electrons. The Hall–Kier alpha value is -1.82. The number of ether oxygens (including phenoxy) is 2. The fraction of sp³-hybridized carbons (Fsp3) is 0.542. The van der Waals surface area contributed by atoms with Gasteiger partial charge in [0.05, 0.1) is 29.4 Å². The smallest absolute Gasteiger partial charge is 0.337 e. The van der Waals surface area contributed by atoms with E-state index in [1.54, 1.807) is 12.1 Å². The SMILES string of the molecule is C=C(CCC1CCC1)C(O)/C=C/[C@H]1OC[C@@H]2Oc3c(ccc(C(=O)O)c3Cl)CC[C@@H]21. The molecule has 6 heteroatoms. The summed E-state index contributed by atoms with van der Waals surface area (Å²) in [7, 11) is 0. The van der Waals surface area contributed by atoms with Crippen LogP contribution in [0.1, 0.15) is 54.4 Å². The van der Waals surface area contributed by atoms with Crippen molar-refractivity contribution in [1.82, 2.24) is 0 Å². The average molecular weight is 433 g/mol. The Kier molecular flexibility index (Phi) is 6.51. The minimum absolute atomic E-state index is 0.0489. The third-order valence-electron chi connectivity index (χ3n) is 6.78. The second kappa shape index (κ2) is 9.13. The van der Waals surface area contributed by atoms with Gasteiger partial charge in [-0.3, -0.25) is 0 Å². The average Bonchev–Trinajstić information content (AvgIpc) is 2.95. The van der Waals surface area contributed by atoms with Crippen molar-refractivity contribution in [2.45, 2.75) is 63.3 Å². The summed E-state index contributed by atoms with van der Waals surface area (Å²) >= 11 is 6.32. The lowest BCUT2D eigenvalue weighted by molar-refractivity contribution is 0.0696. The van der Waals surface area contributed by atoms with Gasteiger partial charge in [0.15, 0.2) is 0 Å². The predicted molar refractivity (Wildman–Crippen MR) is 115 cm³/mol. The van der Waals surface area contributed by atoms with Crippen LogP contribution >= 0.6 is 11.6 Å². The van der Waals surface area contributed by atoms with Gasteiger partial charge in [0, 0.05) is 5.92 Å². The highest BCUT2D eigenvalue weighted by molar-refractivity contribution is 6.35. The highest BCUT2D eigenvalue weighted by Gasteiger charge is 2.40. The van der Waals surface area contributed by atoms with Crippen molar-refractivity contribution in [3.8, 4) is 5.75 Å². The van der Waals surface area contributed by atoms with Crippen molar-refractivity contribution in [2.75, 3.05) is 6.61 Å². The number of rotatable bonds is 7. The number of carbonyl (C=O) groups is 1. The van der Waals surface area contributed by atoms with Crippen LogP contribution in [0.25, 0.3) is 0 Å². The van der Waals surface area contributed by atoms with E-state index in [0.29, 0.717) is 12.4 Å². The zero-order valence-electron chi connectivity index (χ0n) is 17.1. The van der Waals surface area contributed by atoms with Crippen LogP contribution in [0.3, 0.4) is 0 Å². The Balaban J connectivity index is 1.39. The van der Waals surface area contributed by atoms with Crippen LogP contribution in [-0.2, 0) is 11.2 Å². The maximum atomic E-state index is 11.4. The van der Waals surface area contributed by atoms with Gasteiger partial charge < -0.3 is 19.7 Å². The van der Waals surface area contributed by atoms with E-state index in [4.69, 9.17) is 21.1 Å². The maximum Gasteiger partial charge on any atom is 0.337 e. The van der Waals surface area contributed by atoms with E-state index in [2.05, 4.69) is 6.58 Å². The van der Waals surface area contributed by atoms with Gasteiger partial charge in [-0.1, -0.05) is 55.7 Å². The second-order valence-electron chi connectivity index (χ2n) is 8.70.